The fraction of sp³-hybridized carbons (Fsp3) is 0.222. The van der Waals surface area contributed by atoms with E-state index in [1.165, 1.54) is 10.5 Å². The van der Waals surface area contributed by atoms with Crippen molar-refractivity contribution < 1.29 is 0 Å². The second-order valence-electron chi connectivity index (χ2n) is 2.81. The highest BCUT2D eigenvalue weighted by Crippen LogP contribution is 2.35. The monoisotopic (exact) mass is 178 g/mol. The van der Waals surface area contributed by atoms with Crippen LogP contribution in [0.2, 0.25) is 0 Å². The molecular formula is C9H10N2S. The van der Waals surface area contributed by atoms with Gasteiger partial charge in [0.15, 0.2) is 0 Å². The van der Waals surface area contributed by atoms with E-state index >= 15 is 0 Å². The molecular weight excluding hydrogens is 168 g/mol. The highest BCUT2D eigenvalue weighted by atomic mass is 32.2. The number of fused-ring (bicyclic) bond motifs is 1. The summed E-state index contributed by atoms with van der Waals surface area (Å²) in [7, 11) is 0. The van der Waals surface area contributed by atoms with Crippen LogP contribution in [0.1, 0.15) is 5.56 Å². The van der Waals surface area contributed by atoms with Gasteiger partial charge in [0, 0.05) is 4.90 Å². The number of hydrogen-bond acceptors (Lipinski definition) is 3. The van der Waals surface area contributed by atoms with Gasteiger partial charge < -0.3 is 5.73 Å². The molecule has 0 spiro atoms. The first kappa shape index (κ1) is 7.68. The van der Waals surface area contributed by atoms with Gasteiger partial charge in [0.1, 0.15) is 5.84 Å². The van der Waals surface area contributed by atoms with E-state index in [0.717, 1.165) is 17.3 Å². The van der Waals surface area contributed by atoms with Gasteiger partial charge in [-0.1, -0.05) is 12.1 Å². The summed E-state index contributed by atoms with van der Waals surface area (Å²) in [6.07, 6.45) is 0. The van der Waals surface area contributed by atoms with E-state index in [-0.39, 0.29) is 0 Å². The molecule has 0 saturated carbocycles. The quantitative estimate of drug-likeness (QED) is 0.660. The van der Waals surface area contributed by atoms with Crippen LogP contribution in [0.4, 0.5) is 5.69 Å². The molecule has 1 aromatic rings. The van der Waals surface area contributed by atoms with E-state index in [9.17, 15) is 0 Å². The van der Waals surface area contributed by atoms with Crippen LogP contribution in [-0.4, -0.2) is 11.6 Å². The third kappa shape index (κ3) is 1.20. The van der Waals surface area contributed by atoms with Gasteiger partial charge in [-0.3, -0.25) is 0 Å². The number of benzene rings is 1. The fourth-order valence-electron chi connectivity index (χ4n) is 1.25. The highest BCUT2D eigenvalue weighted by molar-refractivity contribution is 8.00. The Morgan fingerprint density at radius 1 is 1.50 bits per heavy atom. The van der Waals surface area contributed by atoms with Crippen molar-refractivity contribution in [2.45, 2.75) is 11.8 Å². The second kappa shape index (κ2) is 2.83. The van der Waals surface area contributed by atoms with Gasteiger partial charge in [-0.15, -0.1) is 11.8 Å². The third-order valence-corrected chi connectivity index (χ3v) is 3.08. The number of hydrogen-bond donors (Lipinski definition) is 1. The van der Waals surface area contributed by atoms with Crippen LogP contribution in [0.5, 0.6) is 0 Å². The number of aliphatic imine (C=N–C) groups is 1. The lowest BCUT2D eigenvalue weighted by Gasteiger charge is -2.13. The predicted octanol–water partition coefficient (Wildman–Crippen LogP) is 2.09. The Balaban J connectivity index is 2.57. The van der Waals surface area contributed by atoms with Gasteiger partial charge in [0.2, 0.25) is 0 Å². The lowest BCUT2D eigenvalue weighted by molar-refractivity contribution is 1.25. The van der Waals surface area contributed by atoms with Crippen molar-refractivity contribution in [1.82, 2.24) is 0 Å². The van der Waals surface area contributed by atoms with E-state index in [2.05, 4.69) is 18.0 Å². The summed E-state index contributed by atoms with van der Waals surface area (Å²) >= 11 is 1.77. The minimum Gasteiger partial charge on any atom is -0.386 e. The third-order valence-electron chi connectivity index (χ3n) is 1.82. The van der Waals surface area contributed by atoms with Crippen LogP contribution in [0, 0.1) is 6.92 Å². The number of thioether (sulfide) groups is 1. The number of rotatable bonds is 0. The van der Waals surface area contributed by atoms with Gasteiger partial charge in [0.25, 0.3) is 0 Å². The summed E-state index contributed by atoms with van der Waals surface area (Å²) in [6.45, 7) is 2.10. The molecule has 0 fully saturated rings. The number of nitrogens with zero attached hydrogens (tertiary/aromatic N) is 1. The van der Waals surface area contributed by atoms with Gasteiger partial charge in [-0.05, 0) is 18.6 Å². The van der Waals surface area contributed by atoms with Crippen molar-refractivity contribution in [3.8, 4) is 0 Å². The van der Waals surface area contributed by atoms with E-state index in [1.807, 2.05) is 12.1 Å². The highest BCUT2D eigenvalue weighted by Gasteiger charge is 2.11. The SMILES string of the molecule is Cc1cccc2c1SCC(N)=N2. The number of nitrogens with two attached hydrogens (primary N) is 1. The zero-order chi connectivity index (χ0) is 8.55. The molecule has 0 unspecified atom stereocenters. The first-order chi connectivity index (χ1) is 5.77. The standard InChI is InChI=1S/C9H10N2S/c1-6-3-2-4-7-9(6)12-5-8(10)11-7/h2-4H,5H2,1H3,(H2,10,11). The lowest BCUT2D eigenvalue weighted by Crippen LogP contribution is -2.16. The normalized spacial score (nSPS) is 15.2. The Morgan fingerprint density at radius 3 is 3.17 bits per heavy atom. The minimum atomic E-state index is 0.720. The largest absolute Gasteiger partial charge is 0.386 e. The minimum absolute atomic E-state index is 0.720. The van der Waals surface area contributed by atoms with Crippen LogP contribution in [0.25, 0.3) is 0 Å². The Bertz CT molecular complexity index is 344. The molecule has 0 aliphatic carbocycles. The van der Waals surface area contributed by atoms with Crippen molar-refractivity contribution in [3.63, 3.8) is 0 Å². The molecule has 2 rings (SSSR count). The summed E-state index contributed by atoms with van der Waals surface area (Å²) in [5, 5.41) is 0. The summed E-state index contributed by atoms with van der Waals surface area (Å²) in [5.41, 5.74) is 7.93. The maximum atomic E-state index is 5.63. The lowest BCUT2D eigenvalue weighted by atomic mass is 10.2. The zero-order valence-corrected chi connectivity index (χ0v) is 7.69. The van der Waals surface area contributed by atoms with E-state index in [4.69, 9.17) is 5.73 Å². The summed E-state index contributed by atoms with van der Waals surface area (Å²) < 4.78 is 0. The summed E-state index contributed by atoms with van der Waals surface area (Å²) in [4.78, 5) is 5.55. The molecule has 2 N–H and O–H groups in total. The van der Waals surface area contributed by atoms with E-state index < -0.39 is 0 Å². The van der Waals surface area contributed by atoms with Gasteiger partial charge >= 0.3 is 0 Å². The molecule has 0 bridgehead atoms. The van der Waals surface area contributed by atoms with Crippen molar-refractivity contribution in [3.05, 3.63) is 23.8 Å². The smallest absolute Gasteiger partial charge is 0.110 e. The summed E-state index contributed by atoms with van der Waals surface area (Å²) in [6, 6.07) is 6.11. The molecule has 0 atom stereocenters. The molecule has 62 valence electrons. The Morgan fingerprint density at radius 2 is 2.33 bits per heavy atom. The van der Waals surface area contributed by atoms with Crippen molar-refractivity contribution in [1.29, 1.82) is 0 Å². The van der Waals surface area contributed by atoms with Crippen LogP contribution in [0.3, 0.4) is 0 Å². The van der Waals surface area contributed by atoms with Crippen LogP contribution in [-0.2, 0) is 0 Å². The molecule has 1 heterocycles. The Hall–Kier alpha value is -0.960. The fourth-order valence-corrected chi connectivity index (χ4v) is 2.16. The molecule has 12 heavy (non-hydrogen) atoms. The van der Waals surface area contributed by atoms with Crippen LogP contribution in [0.15, 0.2) is 28.1 Å². The molecule has 3 heteroatoms. The second-order valence-corrected chi connectivity index (χ2v) is 3.80. The first-order valence-electron chi connectivity index (χ1n) is 3.83. The molecule has 1 aliphatic rings. The van der Waals surface area contributed by atoms with Gasteiger partial charge in [-0.2, -0.15) is 0 Å². The van der Waals surface area contributed by atoms with Crippen molar-refractivity contribution >= 4 is 23.3 Å². The predicted molar refractivity (Wildman–Crippen MR) is 53.2 cm³/mol. The topological polar surface area (TPSA) is 38.4 Å². The average molecular weight is 178 g/mol. The van der Waals surface area contributed by atoms with Crippen LogP contribution >= 0.6 is 11.8 Å². The van der Waals surface area contributed by atoms with Crippen molar-refractivity contribution in [2.75, 3.05) is 5.75 Å². The van der Waals surface area contributed by atoms with Crippen LogP contribution < -0.4 is 5.73 Å². The molecule has 2 nitrogen and oxygen atoms in total. The maximum Gasteiger partial charge on any atom is 0.110 e. The Labute approximate surface area is 75.9 Å². The molecule has 0 saturated heterocycles. The average Bonchev–Trinajstić information content (AvgIpc) is 2.04. The molecule has 0 aromatic heterocycles. The van der Waals surface area contributed by atoms with E-state index in [0.29, 0.717) is 0 Å². The zero-order valence-electron chi connectivity index (χ0n) is 6.87. The molecule has 1 aromatic carbocycles. The maximum absolute atomic E-state index is 5.63. The summed E-state index contributed by atoms with van der Waals surface area (Å²) in [5.74, 6) is 1.54. The molecule has 0 radical (unpaired) electrons. The molecule has 1 aliphatic heterocycles. The number of amidine groups is 1. The van der Waals surface area contributed by atoms with Crippen molar-refractivity contribution in [2.24, 2.45) is 10.7 Å². The molecule has 0 amide bonds. The Kier molecular flexibility index (Phi) is 1.81. The number of aryl methyl sites for hydroxylation is 1. The van der Waals surface area contributed by atoms with Gasteiger partial charge in [0.05, 0.1) is 11.4 Å². The first-order valence-corrected chi connectivity index (χ1v) is 4.81. The van der Waals surface area contributed by atoms with E-state index in [1.54, 1.807) is 11.8 Å². The van der Waals surface area contributed by atoms with Gasteiger partial charge in [-0.25, -0.2) is 4.99 Å².